The highest BCUT2D eigenvalue weighted by Gasteiger charge is 2.42. The molecule has 0 spiro atoms. The molecule has 0 fully saturated rings. The number of amides is 1. The maximum atomic E-state index is 12.5. The fourth-order valence-corrected chi connectivity index (χ4v) is 3.64. The number of unbranched alkanes of at least 4 members (excludes halogenated alkanes) is 11. The molecule has 8 nitrogen and oxygen atoms in total. The van der Waals surface area contributed by atoms with Crippen LogP contribution in [0.25, 0.3) is 0 Å². The van der Waals surface area contributed by atoms with Gasteiger partial charge in [0.2, 0.25) is 0 Å². The van der Waals surface area contributed by atoms with Crippen molar-refractivity contribution < 1.29 is 47.1 Å². The van der Waals surface area contributed by atoms with E-state index in [1.54, 1.807) is 0 Å². The van der Waals surface area contributed by atoms with Crippen molar-refractivity contribution in [1.82, 2.24) is 5.32 Å². The summed E-state index contributed by atoms with van der Waals surface area (Å²) in [6.45, 7) is 1.09. The number of phosphoric acid groups is 1. The Morgan fingerprint density at radius 3 is 1.75 bits per heavy atom. The Bertz CT molecular complexity index is 546. The third-order valence-electron chi connectivity index (χ3n) is 5.16. The second-order valence-electron chi connectivity index (χ2n) is 8.10. The molecule has 1 amide bonds. The van der Waals surface area contributed by atoms with E-state index in [1.165, 1.54) is 50.3 Å². The lowest BCUT2D eigenvalue weighted by Crippen LogP contribution is -2.54. The van der Waals surface area contributed by atoms with Crippen molar-refractivity contribution in [2.75, 3.05) is 6.61 Å². The van der Waals surface area contributed by atoms with Gasteiger partial charge in [0.15, 0.2) is 0 Å². The molecule has 32 heavy (non-hydrogen) atoms. The molecule has 0 aromatic heterocycles. The molecule has 0 aliphatic heterocycles. The second kappa shape index (κ2) is 16.8. The molecule has 0 aromatic carbocycles. The zero-order valence-electron chi connectivity index (χ0n) is 18.7. The summed E-state index contributed by atoms with van der Waals surface area (Å²) in [5.41, 5.74) is 0. The van der Waals surface area contributed by atoms with Gasteiger partial charge in [-0.1, -0.05) is 84.0 Å². The Kier molecular flexibility index (Phi) is 16.5. The Hall–Kier alpha value is -0.710. The molecule has 0 heterocycles. The van der Waals surface area contributed by atoms with Gasteiger partial charge in [0.25, 0.3) is 0 Å². The van der Waals surface area contributed by atoms with Crippen LogP contribution in [0.15, 0.2) is 0 Å². The minimum atomic E-state index is -5.26. The highest BCUT2D eigenvalue weighted by molar-refractivity contribution is 7.46. The summed E-state index contributed by atoms with van der Waals surface area (Å²) in [5.74, 6) is -2.41. The van der Waals surface area contributed by atoms with Crippen LogP contribution in [0.5, 0.6) is 0 Å². The van der Waals surface area contributed by atoms with Crippen LogP contribution in [0.2, 0.25) is 0 Å². The minimum Gasteiger partial charge on any atom is -0.390 e. The Balaban J connectivity index is 4.22. The van der Waals surface area contributed by atoms with Gasteiger partial charge in [-0.15, -0.1) is 0 Å². The fraction of sp³-hybridized carbons (Fsp3) is 0.950. The number of nitrogens with one attached hydrogen (secondary N) is 1. The summed E-state index contributed by atoms with van der Waals surface area (Å²) in [7, 11) is -5.05. The van der Waals surface area contributed by atoms with Crippen LogP contribution < -0.4 is 5.32 Å². The molecule has 0 aliphatic carbocycles. The molecule has 0 unspecified atom stereocenters. The SMILES string of the molecule is CCCCCCCCCCCCCC[C@@H](O)[C@@H](O)[C@H](COP(=O)(O)O)NC(=O)C(F)(F)F. The van der Waals surface area contributed by atoms with Gasteiger partial charge in [-0.3, -0.25) is 9.32 Å². The monoisotopic (exact) mass is 493 g/mol. The molecule has 0 rings (SSSR count). The van der Waals surface area contributed by atoms with Gasteiger partial charge < -0.3 is 25.3 Å². The van der Waals surface area contributed by atoms with E-state index in [0.29, 0.717) is 6.42 Å². The molecule has 0 radical (unpaired) electrons. The fourth-order valence-electron chi connectivity index (χ4n) is 3.29. The van der Waals surface area contributed by atoms with Crippen molar-refractivity contribution in [1.29, 1.82) is 0 Å². The molecule has 0 saturated carbocycles. The van der Waals surface area contributed by atoms with Crippen molar-refractivity contribution >= 4 is 13.7 Å². The predicted octanol–water partition coefficient (Wildman–Crippen LogP) is 3.96. The zero-order valence-corrected chi connectivity index (χ0v) is 19.6. The molecule has 5 N–H and O–H groups in total. The van der Waals surface area contributed by atoms with Gasteiger partial charge >= 0.3 is 19.9 Å². The third kappa shape index (κ3) is 16.9. The number of rotatable bonds is 19. The molecular formula is C20H39F3NO7P. The van der Waals surface area contributed by atoms with E-state index < -0.39 is 44.8 Å². The van der Waals surface area contributed by atoms with Crippen LogP contribution in [-0.2, 0) is 13.9 Å². The maximum absolute atomic E-state index is 12.5. The van der Waals surface area contributed by atoms with Crippen LogP contribution in [0.4, 0.5) is 13.2 Å². The molecule has 3 atom stereocenters. The van der Waals surface area contributed by atoms with E-state index in [9.17, 15) is 32.7 Å². The Morgan fingerprint density at radius 2 is 1.34 bits per heavy atom. The van der Waals surface area contributed by atoms with E-state index >= 15 is 0 Å². The van der Waals surface area contributed by atoms with Crippen molar-refractivity contribution in [2.24, 2.45) is 0 Å². The molecule has 0 saturated heterocycles. The number of hydrogen-bond acceptors (Lipinski definition) is 5. The molecule has 0 aliphatic rings. The highest BCUT2D eigenvalue weighted by atomic mass is 31.2. The molecule has 192 valence electrons. The largest absolute Gasteiger partial charge is 0.471 e. The number of phosphoric ester groups is 1. The summed E-state index contributed by atoms with van der Waals surface area (Å²) < 4.78 is 52.3. The molecular weight excluding hydrogens is 454 g/mol. The normalized spacial score (nSPS) is 15.4. The van der Waals surface area contributed by atoms with Crippen LogP contribution in [-0.4, -0.2) is 56.9 Å². The first-order valence-corrected chi connectivity index (χ1v) is 12.9. The number of aliphatic hydroxyl groups is 2. The summed E-state index contributed by atoms with van der Waals surface area (Å²) >= 11 is 0. The van der Waals surface area contributed by atoms with E-state index in [2.05, 4.69) is 11.4 Å². The van der Waals surface area contributed by atoms with Gasteiger partial charge in [0.05, 0.1) is 18.8 Å². The first-order valence-electron chi connectivity index (χ1n) is 11.3. The smallest absolute Gasteiger partial charge is 0.390 e. The summed E-state index contributed by atoms with van der Waals surface area (Å²) in [5, 5.41) is 21.6. The van der Waals surface area contributed by atoms with Crippen molar-refractivity contribution in [3.63, 3.8) is 0 Å². The van der Waals surface area contributed by atoms with Gasteiger partial charge in [-0.05, 0) is 6.42 Å². The summed E-state index contributed by atoms with van der Waals surface area (Å²) in [6.07, 6.45) is 4.49. The van der Waals surface area contributed by atoms with E-state index in [4.69, 9.17) is 9.79 Å². The standard InChI is InChI=1S/C20H39F3NO7P/c1-2-3-4-5-6-7-8-9-10-11-12-13-14-17(25)18(26)16(15-31-32(28,29)30)24-19(27)20(21,22)23/h16-18,25-26H,2-15H2,1H3,(H,24,27)(H2,28,29,30)/t16-,17+,18-/m0/s1. The molecule has 12 heteroatoms. The van der Waals surface area contributed by atoms with E-state index in [-0.39, 0.29) is 6.42 Å². The van der Waals surface area contributed by atoms with Gasteiger partial charge in [0, 0.05) is 0 Å². The predicted molar refractivity (Wildman–Crippen MR) is 114 cm³/mol. The topological polar surface area (TPSA) is 136 Å². The van der Waals surface area contributed by atoms with Gasteiger partial charge in [-0.25, -0.2) is 4.57 Å². The average Bonchev–Trinajstić information content (AvgIpc) is 2.69. The molecule has 0 aromatic rings. The lowest BCUT2D eigenvalue weighted by Gasteiger charge is -2.28. The zero-order chi connectivity index (χ0) is 24.6. The first-order chi connectivity index (χ1) is 14.9. The summed E-state index contributed by atoms with van der Waals surface area (Å²) in [6, 6.07) is -1.84. The van der Waals surface area contributed by atoms with Crippen molar-refractivity contribution in [3.05, 3.63) is 0 Å². The molecule has 0 bridgehead atoms. The third-order valence-corrected chi connectivity index (χ3v) is 5.64. The number of aliphatic hydroxyl groups excluding tert-OH is 2. The number of halogens is 3. The average molecular weight is 494 g/mol. The van der Waals surface area contributed by atoms with Crippen molar-refractivity contribution in [2.45, 2.75) is 115 Å². The quantitative estimate of drug-likeness (QED) is 0.136. The number of carbonyl (C=O) groups excluding carboxylic acids is 1. The Labute approximate surface area is 188 Å². The van der Waals surface area contributed by atoms with Crippen LogP contribution in [0.3, 0.4) is 0 Å². The second-order valence-corrected chi connectivity index (χ2v) is 9.34. The van der Waals surface area contributed by atoms with Crippen LogP contribution >= 0.6 is 7.82 Å². The Morgan fingerprint density at radius 1 is 0.906 bits per heavy atom. The highest BCUT2D eigenvalue weighted by Crippen LogP contribution is 2.36. The number of carbonyl (C=O) groups is 1. The summed E-state index contributed by atoms with van der Waals surface area (Å²) in [4.78, 5) is 28.6. The number of hydrogen-bond donors (Lipinski definition) is 5. The maximum Gasteiger partial charge on any atom is 0.471 e. The lowest BCUT2D eigenvalue weighted by atomic mass is 9.99. The van der Waals surface area contributed by atoms with E-state index in [1.807, 2.05) is 0 Å². The minimum absolute atomic E-state index is 0.0624. The van der Waals surface area contributed by atoms with Crippen LogP contribution in [0, 0.1) is 0 Å². The number of alkyl halides is 3. The lowest BCUT2D eigenvalue weighted by molar-refractivity contribution is -0.176. The van der Waals surface area contributed by atoms with Gasteiger partial charge in [-0.2, -0.15) is 13.2 Å². The van der Waals surface area contributed by atoms with Crippen LogP contribution in [0.1, 0.15) is 90.4 Å². The van der Waals surface area contributed by atoms with Gasteiger partial charge in [0.1, 0.15) is 6.10 Å². The van der Waals surface area contributed by atoms with Crippen molar-refractivity contribution in [3.8, 4) is 0 Å². The first kappa shape index (κ1) is 31.3. The van der Waals surface area contributed by atoms with E-state index in [0.717, 1.165) is 25.7 Å².